The summed E-state index contributed by atoms with van der Waals surface area (Å²) in [6, 6.07) is 8.84. The van der Waals surface area contributed by atoms with Crippen molar-refractivity contribution in [2.45, 2.75) is 77.8 Å². The van der Waals surface area contributed by atoms with Gasteiger partial charge in [-0.25, -0.2) is 0 Å². The first-order valence-corrected chi connectivity index (χ1v) is 11.8. The molecule has 0 bridgehead atoms. The molecule has 200 valence electrons. The lowest BCUT2D eigenvalue weighted by molar-refractivity contribution is -0.277. The average Bonchev–Trinajstić information content (AvgIpc) is 2.80. The second-order valence-electron chi connectivity index (χ2n) is 8.34. The van der Waals surface area contributed by atoms with Crippen molar-refractivity contribution < 1.29 is 47.6 Å². The summed E-state index contributed by atoms with van der Waals surface area (Å²) in [5, 5.41) is 2.67. The summed E-state index contributed by atoms with van der Waals surface area (Å²) in [7, 11) is 0. The predicted octanol–water partition coefficient (Wildman–Crippen LogP) is 1.66. The van der Waals surface area contributed by atoms with Crippen LogP contribution in [0, 0.1) is 0 Å². The maximum absolute atomic E-state index is 11.9. The lowest BCUT2D eigenvalue weighted by atomic mass is 9.96. The number of amides is 1. The monoisotopic (exact) mass is 509 g/mol. The van der Waals surface area contributed by atoms with Gasteiger partial charge in [-0.05, 0) is 18.4 Å². The van der Waals surface area contributed by atoms with Gasteiger partial charge < -0.3 is 33.7 Å². The normalized spacial score (nSPS) is 23.4. The summed E-state index contributed by atoms with van der Waals surface area (Å²) in [6.45, 7) is 5.90. The van der Waals surface area contributed by atoms with Crippen molar-refractivity contribution in [3.8, 4) is 0 Å². The maximum Gasteiger partial charge on any atom is 0.303 e. The number of carbonyl (C=O) groups excluding carboxylic acids is 4. The minimum absolute atomic E-state index is 0.251. The van der Waals surface area contributed by atoms with Gasteiger partial charge in [0.05, 0.1) is 6.61 Å². The van der Waals surface area contributed by atoms with Crippen LogP contribution in [0.2, 0.25) is 0 Å². The standard InChI is InChI=1S/C25H35NO10/c1-16(27)26-22-24(35-19(4)30)23(34-18(3)29)21(15-33-17(2)28)36-25(22)32-13-9-8-12-31-14-20-10-6-5-7-11-20/h5-7,10-11,21-25H,8-9,12-15H2,1-4H3,(H,26,27)/t21-,22-,23+,24-,25-/m1/s1. The number of ether oxygens (including phenoxy) is 6. The van der Waals surface area contributed by atoms with Crippen LogP contribution in [0.5, 0.6) is 0 Å². The molecule has 0 aromatic heterocycles. The second kappa shape index (κ2) is 15.2. The van der Waals surface area contributed by atoms with E-state index in [0.29, 0.717) is 26.1 Å². The lowest BCUT2D eigenvalue weighted by Crippen LogP contribution is -2.66. The Morgan fingerprint density at radius 3 is 2.11 bits per heavy atom. The van der Waals surface area contributed by atoms with Gasteiger partial charge in [-0.1, -0.05) is 30.3 Å². The van der Waals surface area contributed by atoms with Crippen molar-refractivity contribution in [3.63, 3.8) is 0 Å². The highest BCUT2D eigenvalue weighted by Gasteiger charge is 2.51. The topological polar surface area (TPSA) is 136 Å². The molecule has 0 unspecified atom stereocenters. The molecule has 11 heteroatoms. The minimum atomic E-state index is -1.14. The number of unbranched alkanes of at least 4 members (excludes halogenated alkanes) is 1. The third kappa shape index (κ3) is 10.3. The van der Waals surface area contributed by atoms with E-state index >= 15 is 0 Å². The number of hydrogen-bond acceptors (Lipinski definition) is 10. The van der Waals surface area contributed by atoms with Crippen LogP contribution in [-0.4, -0.2) is 74.3 Å². The first-order chi connectivity index (χ1) is 17.2. The van der Waals surface area contributed by atoms with Crippen LogP contribution in [0.4, 0.5) is 0 Å². The fourth-order valence-electron chi connectivity index (χ4n) is 3.70. The molecule has 5 atom stereocenters. The fourth-order valence-corrected chi connectivity index (χ4v) is 3.70. The van der Waals surface area contributed by atoms with Crippen molar-refractivity contribution in [1.82, 2.24) is 5.32 Å². The van der Waals surface area contributed by atoms with Gasteiger partial charge in [-0.3, -0.25) is 19.2 Å². The first-order valence-electron chi connectivity index (χ1n) is 11.8. The van der Waals surface area contributed by atoms with Crippen molar-refractivity contribution in [1.29, 1.82) is 0 Å². The Hall–Kier alpha value is -3.02. The van der Waals surface area contributed by atoms with Crippen LogP contribution in [0.25, 0.3) is 0 Å². The highest BCUT2D eigenvalue weighted by Crippen LogP contribution is 2.28. The summed E-state index contributed by atoms with van der Waals surface area (Å²) >= 11 is 0. The quantitative estimate of drug-likeness (QED) is 0.237. The minimum Gasteiger partial charge on any atom is -0.463 e. The number of carbonyl (C=O) groups is 4. The van der Waals surface area contributed by atoms with Crippen LogP contribution in [0.3, 0.4) is 0 Å². The van der Waals surface area contributed by atoms with E-state index in [4.69, 9.17) is 28.4 Å². The molecular formula is C25H35NO10. The Kier molecular flexibility index (Phi) is 12.3. The van der Waals surface area contributed by atoms with E-state index < -0.39 is 54.5 Å². The molecule has 1 aromatic rings. The van der Waals surface area contributed by atoms with Crippen molar-refractivity contribution in [2.75, 3.05) is 19.8 Å². The van der Waals surface area contributed by atoms with Gasteiger partial charge in [0, 0.05) is 40.9 Å². The van der Waals surface area contributed by atoms with Crippen LogP contribution < -0.4 is 5.32 Å². The molecular weight excluding hydrogens is 474 g/mol. The van der Waals surface area contributed by atoms with Crippen molar-refractivity contribution >= 4 is 23.8 Å². The summed E-state index contributed by atoms with van der Waals surface area (Å²) in [6.07, 6.45) is -2.99. The predicted molar refractivity (Wildman–Crippen MR) is 125 cm³/mol. The average molecular weight is 510 g/mol. The molecule has 0 radical (unpaired) electrons. The summed E-state index contributed by atoms with van der Waals surface area (Å²) in [5.74, 6) is -2.31. The zero-order valence-corrected chi connectivity index (χ0v) is 21.1. The van der Waals surface area contributed by atoms with Gasteiger partial charge in [-0.15, -0.1) is 0 Å². The molecule has 0 spiro atoms. The summed E-state index contributed by atoms with van der Waals surface area (Å²) < 4.78 is 33.4. The van der Waals surface area contributed by atoms with Gasteiger partial charge in [0.2, 0.25) is 5.91 Å². The van der Waals surface area contributed by atoms with E-state index in [0.717, 1.165) is 5.56 Å². The number of rotatable bonds is 13. The smallest absolute Gasteiger partial charge is 0.303 e. The highest BCUT2D eigenvalue weighted by molar-refractivity contribution is 5.73. The van der Waals surface area contributed by atoms with Gasteiger partial charge in [0.25, 0.3) is 0 Å². The van der Waals surface area contributed by atoms with Crippen LogP contribution >= 0.6 is 0 Å². The maximum atomic E-state index is 11.9. The Balaban J connectivity index is 2.03. The Morgan fingerprint density at radius 1 is 0.861 bits per heavy atom. The molecule has 11 nitrogen and oxygen atoms in total. The fraction of sp³-hybridized carbons (Fsp3) is 0.600. The SMILES string of the molecule is CC(=O)N[C@H]1[C@H](OCCCCOCc2ccccc2)O[C@H](COC(C)=O)[C@H](OC(C)=O)[C@@H]1OC(C)=O. The molecule has 1 N–H and O–H groups in total. The van der Waals surface area contributed by atoms with Crippen LogP contribution in [-0.2, 0) is 54.2 Å². The Bertz CT molecular complexity index is 862. The van der Waals surface area contributed by atoms with Crippen molar-refractivity contribution in [3.05, 3.63) is 35.9 Å². The number of nitrogens with one attached hydrogen (secondary N) is 1. The Labute approximate surface area is 210 Å². The molecule has 2 rings (SSSR count). The second-order valence-corrected chi connectivity index (χ2v) is 8.34. The number of hydrogen-bond donors (Lipinski definition) is 1. The van der Waals surface area contributed by atoms with E-state index in [9.17, 15) is 19.2 Å². The van der Waals surface area contributed by atoms with E-state index in [1.807, 2.05) is 30.3 Å². The summed E-state index contributed by atoms with van der Waals surface area (Å²) in [4.78, 5) is 46.9. The zero-order chi connectivity index (χ0) is 26.5. The van der Waals surface area contributed by atoms with E-state index in [1.165, 1.54) is 27.7 Å². The van der Waals surface area contributed by atoms with Crippen LogP contribution in [0.15, 0.2) is 30.3 Å². The molecule has 1 fully saturated rings. The molecule has 0 saturated carbocycles. The highest BCUT2D eigenvalue weighted by atomic mass is 16.7. The van der Waals surface area contributed by atoms with E-state index in [2.05, 4.69) is 5.32 Å². The molecule has 36 heavy (non-hydrogen) atoms. The van der Waals surface area contributed by atoms with Gasteiger partial charge in [0.1, 0.15) is 18.8 Å². The number of benzene rings is 1. The third-order valence-corrected chi connectivity index (χ3v) is 5.15. The molecule has 1 saturated heterocycles. The first kappa shape index (κ1) is 29.2. The molecule has 1 aromatic carbocycles. The lowest BCUT2D eigenvalue weighted by Gasteiger charge is -2.44. The molecule has 0 aliphatic carbocycles. The van der Waals surface area contributed by atoms with Crippen LogP contribution in [0.1, 0.15) is 46.1 Å². The zero-order valence-electron chi connectivity index (χ0n) is 21.1. The van der Waals surface area contributed by atoms with Gasteiger partial charge in [-0.2, -0.15) is 0 Å². The third-order valence-electron chi connectivity index (χ3n) is 5.15. The molecule has 1 heterocycles. The van der Waals surface area contributed by atoms with Gasteiger partial charge >= 0.3 is 17.9 Å². The van der Waals surface area contributed by atoms with Gasteiger partial charge in [0.15, 0.2) is 18.5 Å². The van der Waals surface area contributed by atoms with E-state index in [1.54, 1.807) is 0 Å². The Morgan fingerprint density at radius 2 is 1.50 bits per heavy atom. The molecule has 1 aliphatic heterocycles. The van der Waals surface area contributed by atoms with Crippen molar-refractivity contribution in [2.24, 2.45) is 0 Å². The number of esters is 3. The molecule has 1 aliphatic rings. The summed E-state index contributed by atoms with van der Waals surface area (Å²) in [5.41, 5.74) is 1.08. The largest absolute Gasteiger partial charge is 0.463 e. The molecule has 1 amide bonds. The van der Waals surface area contributed by atoms with E-state index in [-0.39, 0.29) is 13.2 Å².